The topological polar surface area (TPSA) is 144 Å². The Labute approximate surface area is 192 Å². The third-order valence-corrected chi connectivity index (χ3v) is 8.68. The number of fused-ring (bicyclic) bond motifs is 4. The van der Waals surface area contributed by atoms with Crippen LogP contribution in [0.5, 0.6) is 0 Å². The van der Waals surface area contributed by atoms with Gasteiger partial charge in [-0.1, -0.05) is 20.8 Å². The SMILES string of the molecule is CC(=O)O[C@H]1CCC(C)(C)[C@]2(O)[C@@H](OC(C)=O)[C@H](O)[C@H]3[C@H](C(=O)O)c4ccoc4C[C@@H]3[C@@]12C. The van der Waals surface area contributed by atoms with Crippen LogP contribution >= 0.6 is 0 Å². The maximum atomic E-state index is 12.5. The van der Waals surface area contributed by atoms with E-state index in [4.69, 9.17) is 13.9 Å². The molecule has 0 bridgehead atoms. The molecule has 33 heavy (non-hydrogen) atoms. The van der Waals surface area contributed by atoms with Gasteiger partial charge in [-0.05, 0) is 30.2 Å². The fourth-order valence-corrected chi connectivity index (χ4v) is 7.25. The Bertz CT molecular complexity index is 980. The monoisotopic (exact) mass is 464 g/mol. The molecule has 0 spiro atoms. The van der Waals surface area contributed by atoms with Crippen molar-refractivity contribution in [2.24, 2.45) is 22.7 Å². The van der Waals surface area contributed by atoms with Crippen LogP contribution in [-0.2, 0) is 30.3 Å². The molecule has 3 aliphatic rings. The van der Waals surface area contributed by atoms with Gasteiger partial charge >= 0.3 is 17.9 Å². The van der Waals surface area contributed by atoms with E-state index in [0.717, 1.165) is 0 Å². The molecule has 182 valence electrons. The molecule has 1 heterocycles. The third kappa shape index (κ3) is 3.08. The highest BCUT2D eigenvalue weighted by Gasteiger charge is 2.77. The molecule has 3 aliphatic carbocycles. The molecule has 9 heteroatoms. The van der Waals surface area contributed by atoms with Crippen LogP contribution in [0.15, 0.2) is 16.7 Å². The van der Waals surface area contributed by atoms with Crippen LogP contribution in [0, 0.1) is 22.7 Å². The molecule has 8 atom stereocenters. The molecule has 0 aromatic carbocycles. The molecule has 0 saturated heterocycles. The standard InChI is InChI=1S/C24H32O9/c1-11(25)32-16-6-8-22(3,4)24(30)20(33-12(2)26)19(27)18-14(23(16,24)5)10-15-13(7-9-31-15)17(18)21(28)29/h7,9,14,16-20,27,30H,6,8,10H2,1-5H3,(H,28,29)/t14-,16-,17+,18+,19+,20-,23-,24+/m0/s1. The molecule has 4 rings (SSSR count). The molecule has 2 saturated carbocycles. The molecule has 0 aliphatic heterocycles. The summed E-state index contributed by atoms with van der Waals surface area (Å²) in [6, 6.07) is 1.58. The Morgan fingerprint density at radius 2 is 1.76 bits per heavy atom. The van der Waals surface area contributed by atoms with Crippen molar-refractivity contribution in [1.82, 2.24) is 0 Å². The van der Waals surface area contributed by atoms with Crippen molar-refractivity contribution in [3.05, 3.63) is 23.7 Å². The van der Waals surface area contributed by atoms with Gasteiger partial charge in [0.25, 0.3) is 0 Å². The normalized spacial score (nSPS) is 41.2. The molecule has 3 N–H and O–H groups in total. The lowest BCUT2D eigenvalue weighted by Gasteiger charge is -2.69. The van der Waals surface area contributed by atoms with E-state index in [9.17, 15) is 29.7 Å². The molecule has 2 fully saturated rings. The number of aliphatic hydroxyl groups is 2. The zero-order chi connectivity index (χ0) is 24.5. The summed E-state index contributed by atoms with van der Waals surface area (Å²) in [6.07, 6.45) is -1.13. The van der Waals surface area contributed by atoms with E-state index in [0.29, 0.717) is 24.2 Å². The highest BCUT2D eigenvalue weighted by atomic mass is 16.6. The van der Waals surface area contributed by atoms with E-state index < -0.39 is 70.4 Å². The van der Waals surface area contributed by atoms with Gasteiger partial charge in [0.1, 0.15) is 17.5 Å². The Kier molecular flexibility index (Phi) is 5.44. The number of ether oxygens (including phenoxy) is 2. The lowest BCUT2D eigenvalue weighted by Crippen LogP contribution is -2.80. The largest absolute Gasteiger partial charge is 0.481 e. The van der Waals surface area contributed by atoms with Crippen LogP contribution in [0.25, 0.3) is 0 Å². The first-order valence-corrected chi connectivity index (χ1v) is 11.3. The molecule has 1 aromatic rings. The van der Waals surface area contributed by atoms with Crippen molar-refractivity contribution < 1.29 is 43.6 Å². The summed E-state index contributed by atoms with van der Waals surface area (Å²) in [5.74, 6) is -4.60. The highest BCUT2D eigenvalue weighted by Crippen LogP contribution is 2.68. The summed E-state index contributed by atoms with van der Waals surface area (Å²) in [7, 11) is 0. The summed E-state index contributed by atoms with van der Waals surface area (Å²) in [4.78, 5) is 36.6. The maximum absolute atomic E-state index is 12.5. The first-order chi connectivity index (χ1) is 15.3. The number of carbonyl (C=O) groups excluding carboxylic acids is 2. The molecular formula is C24H32O9. The van der Waals surface area contributed by atoms with Gasteiger partial charge in [-0.3, -0.25) is 14.4 Å². The Hall–Kier alpha value is -2.39. The summed E-state index contributed by atoms with van der Waals surface area (Å²) in [5.41, 5.74) is -3.47. The van der Waals surface area contributed by atoms with Gasteiger partial charge in [-0.25, -0.2) is 0 Å². The van der Waals surface area contributed by atoms with Gasteiger partial charge in [0.2, 0.25) is 0 Å². The Morgan fingerprint density at radius 3 is 2.33 bits per heavy atom. The predicted molar refractivity (Wildman–Crippen MR) is 113 cm³/mol. The third-order valence-electron chi connectivity index (χ3n) is 8.68. The van der Waals surface area contributed by atoms with E-state index in [2.05, 4.69) is 0 Å². The summed E-state index contributed by atoms with van der Waals surface area (Å²) in [6.45, 7) is 7.88. The van der Waals surface area contributed by atoms with Gasteiger partial charge in [0.15, 0.2) is 6.10 Å². The molecule has 0 amide bonds. The van der Waals surface area contributed by atoms with Crippen LogP contribution in [0.4, 0.5) is 0 Å². The molecule has 1 aromatic heterocycles. The second-order valence-corrected chi connectivity index (χ2v) is 10.6. The van der Waals surface area contributed by atoms with Crippen LogP contribution in [-0.4, -0.2) is 57.1 Å². The lowest BCUT2D eigenvalue weighted by atomic mass is 9.39. The van der Waals surface area contributed by atoms with Crippen molar-refractivity contribution >= 4 is 17.9 Å². The number of esters is 2. The van der Waals surface area contributed by atoms with Crippen LogP contribution < -0.4 is 0 Å². The first kappa shape index (κ1) is 23.8. The van der Waals surface area contributed by atoms with E-state index >= 15 is 0 Å². The van der Waals surface area contributed by atoms with E-state index in [1.54, 1.807) is 13.0 Å². The van der Waals surface area contributed by atoms with E-state index in [1.807, 2.05) is 13.8 Å². The zero-order valence-corrected chi connectivity index (χ0v) is 19.5. The van der Waals surface area contributed by atoms with Crippen molar-refractivity contribution in [3.8, 4) is 0 Å². The molecule has 0 radical (unpaired) electrons. The second-order valence-electron chi connectivity index (χ2n) is 10.6. The summed E-state index contributed by atoms with van der Waals surface area (Å²) in [5, 5.41) is 34.2. The van der Waals surface area contributed by atoms with Crippen molar-refractivity contribution in [2.75, 3.05) is 0 Å². The Balaban J connectivity index is 2.00. The summed E-state index contributed by atoms with van der Waals surface area (Å²) >= 11 is 0. The maximum Gasteiger partial charge on any atom is 0.311 e. The summed E-state index contributed by atoms with van der Waals surface area (Å²) < 4.78 is 16.9. The van der Waals surface area contributed by atoms with E-state index in [-0.39, 0.29) is 6.42 Å². The first-order valence-electron chi connectivity index (χ1n) is 11.3. The number of furan rings is 1. The number of rotatable bonds is 3. The number of hydrogen-bond donors (Lipinski definition) is 3. The smallest absolute Gasteiger partial charge is 0.311 e. The Morgan fingerprint density at radius 1 is 1.12 bits per heavy atom. The lowest BCUT2D eigenvalue weighted by molar-refractivity contribution is -0.338. The molecule has 0 unspecified atom stereocenters. The second kappa shape index (κ2) is 7.56. The van der Waals surface area contributed by atoms with Gasteiger partial charge in [-0.15, -0.1) is 0 Å². The van der Waals surface area contributed by atoms with Crippen molar-refractivity contribution in [2.45, 2.75) is 83.7 Å². The number of carbonyl (C=O) groups is 3. The van der Waals surface area contributed by atoms with Gasteiger partial charge in [-0.2, -0.15) is 0 Å². The average Bonchev–Trinajstić information content (AvgIpc) is 3.17. The molecular weight excluding hydrogens is 432 g/mol. The van der Waals surface area contributed by atoms with Gasteiger partial charge < -0.3 is 29.2 Å². The highest BCUT2D eigenvalue weighted by molar-refractivity contribution is 5.78. The molecule has 9 nitrogen and oxygen atoms in total. The average molecular weight is 465 g/mol. The number of hydrogen-bond acceptors (Lipinski definition) is 8. The van der Waals surface area contributed by atoms with Crippen LogP contribution in [0.2, 0.25) is 0 Å². The minimum absolute atomic E-state index is 0.243. The minimum atomic E-state index is -1.82. The quantitative estimate of drug-likeness (QED) is 0.572. The van der Waals surface area contributed by atoms with Crippen LogP contribution in [0.1, 0.15) is 64.7 Å². The van der Waals surface area contributed by atoms with Gasteiger partial charge in [0.05, 0.1) is 18.3 Å². The number of carboxylic acids is 1. The fourth-order valence-electron chi connectivity index (χ4n) is 7.25. The predicted octanol–water partition coefficient (Wildman–Crippen LogP) is 2.03. The number of aliphatic hydroxyl groups excluding tert-OH is 1. The van der Waals surface area contributed by atoms with E-state index in [1.165, 1.54) is 20.1 Å². The number of aliphatic carboxylic acids is 1. The van der Waals surface area contributed by atoms with Crippen molar-refractivity contribution in [1.29, 1.82) is 0 Å². The van der Waals surface area contributed by atoms with Crippen LogP contribution in [0.3, 0.4) is 0 Å². The number of carboxylic acid groups (broad SMARTS) is 1. The fraction of sp³-hybridized carbons (Fsp3) is 0.708. The minimum Gasteiger partial charge on any atom is -0.481 e. The van der Waals surface area contributed by atoms with Crippen molar-refractivity contribution in [3.63, 3.8) is 0 Å². The van der Waals surface area contributed by atoms with Gasteiger partial charge in [0, 0.05) is 37.2 Å². The zero-order valence-electron chi connectivity index (χ0n) is 19.5.